The number of nitrogens with zero attached hydrogens (tertiary/aromatic N) is 2. The van der Waals surface area contributed by atoms with Gasteiger partial charge in [-0.3, -0.25) is 4.79 Å². The molecular weight excluding hydrogens is 311 g/mol. The van der Waals surface area contributed by atoms with E-state index in [1.54, 1.807) is 6.20 Å². The van der Waals surface area contributed by atoms with Crippen molar-refractivity contribution in [3.63, 3.8) is 0 Å². The molecule has 0 unspecified atom stereocenters. The molecule has 3 rings (SSSR count). The van der Waals surface area contributed by atoms with Crippen LogP contribution >= 0.6 is 24.8 Å². The summed E-state index contributed by atoms with van der Waals surface area (Å²) in [7, 11) is 0. The first-order chi connectivity index (χ1) is 9.31. The van der Waals surface area contributed by atoms with Crippen molar-refractivity contribution in [3.05, 3.63) is 36.3 Å². The summed E-state index contributed by atoms with van der Waals surface area (Å²) in [6.45, 7) is 1.92. The predicted octanol–water partition coefficient (Wildman–Crippen LogP) is 1.79. The first-order valence-electron chi connectivity index (χ1n) is 6.70. The van der Waals surface area contributed by atoms with Gasteiger partial charge < -0.3 is 15.0 Å². The van der Waals surface area contributed by atoms with Gasteiger partial charge in [-0.05, 0) is 43.0 Å². The van der Waals surface area contributed by atoms with Gasteiger partial charge in [-0.15, -0.1) is 24.8 Å². The molecule has 1 amide bonds. The van der Waals surface area contributed by atoms with E-state index in [1.165, 1.54) is 12.8 Å². The number of halogens is 2. The standard InChI is InChI=1S/C14H18N4O.2ClH/c19-14(10-15-8-11-1-2-11)17-9-12-3-5-18-6-4-16-13(18)7-12;;/h3-7,11,15H,1-2,8-10H2,(H,17,19);2*1H. The molecule has 116 valence electrons. The zero-order chi connectivity index (χ0) is 13.1. The monoisotopic (exact) mass is 330 g/mol. The number of fused-ring (bicyclic) bond motifs is 1. The molecule has 0 atom stereocenters. The second-order valence-corrected chi connectivity index (χ2v) is 5.08. The number of rotatable bonds is 6. The van der Waals surface area contributed by atoms with Crippen LogP contribution < -0.4 is 10.6 Å². The largest absolute Gasteiger partial charge is 0.351 e. The molecule has 2 N–H and O–H groups in total. The second-order valence-electron chi connectivity index (χ2n) is 5.08. The molecule has 1 aliphatic carbocycles. The highest BCUT2D eigenvalue weighted by Crippen LogP contribution is 2.27. The van der Waals surface area contributed by atoms with E-state index in [2.05, 4.69) is 15.6 Å². The molecule has 5 nitrogen and oxygen atoms in total. The maximum Gasteiger partial charge on any atom is 0.234 e. The van der Waals surface area contributed by atoms with Crippen molar-refractivity contribution < 1.29 is 4.79 Å². The first-order valence-corrected chi connectivity index (χ1v) is 6.70. The van der Waals surface area contributed by atoms with Gasteiger partial charge in [0.05, 0.1) is 6.54 Å². The minimum atomic E-state index is 0. The lowest BCUT2D eigenvalue weighted by Gasteiger charge is -2.06. The van der Waals surface area contributed by atoms with Crippen molar-refractivity contribution in [1.29, 1.82) is 0 Å². The molecule has 0 bridgehead atoms. The zero-order valence-electron chi connectivity index (χ0n) is 11.6. The topological polar surface area (TPSA) is 58.4 Å². The fourth-order valence-corrected chi connectivity index (χ4v) is 2.04. The van der Waals surface area contributed by atoms with E-state index in [-0.39, 0.29) is 30.7 Å². The Kier molecular flexibility index (Phi) is 6.95. The van der Waals surface area contributed by atoms with Crippen LogP contribution in [0.3, 0.4) is 0 Å². The fourth-order valence-electron chi connectivity index (χ4n) is 2.04. The Morgan fingerprint density at radius 1 is 1.33 bits per heavy atom. The lowest BCUT2D eigenvalue weighted by molar-refractivity contribution is -0.120. The van der Waals surface area contributed by atoms with Crippen LogP contribution in [-0.2, 0) is 11.3 Å². The molecule has 0 aliphatic heterocycles. The fraction of sp³-hybridized carbons (Fsp3) is 0.429. The Morgan fingerprint density at radius 2 is 2.14 bits per heavy atom. The Bertz CT molecular complexity index is 583. The SMILES string of the molecule is Cl.Cl.O=C(CNCC1CC1)NCc1ccn2ccnc2c1. The molecule has 1 fully saturated rings. The van der Waals surface area contributed by atoms with E-state index in [0.29, 0.717) is 13.1 Å². The number of hydrogen-bond donors (Lipinski definition) is 2. The lowest BCUT2D eigenvalue weighted by atomic mass is 10.2. The van der Waals surface area contributed by atoms with Crippen LogP contribution in [0.4, 0.5) is 0 Å². The molecule has 21 heavy (non-hydrogen) atoms. The summed E-state index contributed by atoms with van der Waals surface area (Å²) in [6.07, 6.45) is 8.23. The van der Waals surface area contributed by atoms with Crippen LogP contribution in [0, 0.1) is 5.92 Å². The van der Waals surface area contributed by atoms with Crippen LogP contribution in [-0.4, -0.2) is 28.4 Å². The third-order valence-electron chi connectivity index (χ3n) is 3.37. The van der Waals surface area contributed by atoms with E-state index in [0.717, 1.165) is 23.7 Å². The molecule has 2 aromatic heterocycles. The van der Waals surface area contributed by atoms with Crippen molar-refractivity contribution >= 4 is 36.4 Å². The van der Waals surface area contributed by atoms with Crippen LogP contribution in [0.25, 0.3) is 5.65 Å². The molecule has 0 spiro atoms. The van der Waals surface area contributed by atoms with Gasteiger partial charge in [0, 0.05) is 25.1 Å². The second kappa shape index (κ2) is 8.22. The number of nitrogens with one attached hydrogen (secondary N) is 2. The smallest absolute Gasteiger partial charge is 0.234 e. The Hall–Kier alpha value is -1.30. The van der Waals surface area contributed by atoms with Crippen molar-refractivity contribution in [2.45, 2.75) is 19.4 Å². The van der Waals surface area contributed by atoms with Gasteiger partial charge in [0.25, 0.3) is 0 Å². The van der Waals surface area contributed by atoms with Crippen molar-refractivity contribution in [3.8, 4) is 0 Å². The van der Waals surface area contributed by atoms with Gasteiger partial charge >= 0.3 is 0 Å². The van der Waals surface area contributed by atoms with Crippen LogP contribution in [0.15, 0.2) is 30.7 Å². The van der Waals surface area contributed by atoms with Gasteiger partial charge in [-0.25, -0.2) is 4.98 Å². The van der Waals surface area contributed by atoms with Crippen LogP contribution in [0.5, 0.6) is 0 Å². The van der Waals surface area contributed by atoms with E-state index < -0.39 is 0 Å². The Labute approximate surface area is 136 Å². The normalized spacial score (nSPS) is 13.3. The summed E-state index contributed by atoms with van der Waals surface area (Å²) < 4.78 is 1.95. The van der Waals surface area contributed by atoms with Crippen molar-refractivity contribution in [1.82, 2.24) is 20.0 Å². The predicted molar refractivity (Wildman–Crippen MR) is 87.1 cm³/mol. The number of hydrogen-bond acceptors (Lipinski definition) is 3. The highest BCUT2D eigenvalue weighted by Gasteiger charge is 2.20. The summed E-state index contributed by atoms with van der Waals surface area (Å²) in [5, 5.41) is 6.09. The van der Waals surface area contributed by atoms with E-state index in [1.807, 2.05) is 28.9 Å². The van der Waals surface area contributed by atoms with E-state index >= 15 is 0 Å². The van der Waals surface area contributed by atoms with E-state index in [9.17, 15) is 4.79 Å². The molecule has 1 aliphatic rings. The quantitative estimate of drug-likeness (QED) is 0.849. The number of carbonyl (C=O) groups excluding carboxylic acids is 1. The highest BCUT2D eigenvalue weighted by atomic mass is 35.5. The molecule has 7 heteroatoms. The number of amides is 1. The zero-order valence-corrected chi connectivity index (χ0v) is 13.3. The maximum absolute atomic E-state index is 11.6. The summed E-state index contributed by atoms with van der Waals surface area (Å²) in [5.74, 6) is 0.847. The minimum absolute atomic E-state index is 0. The van der Waals surface area contributed by atoms with Gasteiger partial charge in [0.15, 0.2) is 0 Å². The number of imidazole rings is 1. The van der Waals surface area contributed by atoms with Gasteiger partial charge in [0.1, 0.15) is 5.65 Å². The third kappa shape index (κ3) is 5.19. The molecule has 0 radical (unpaired) electrons. The third-order valence-corrected chi connectivity index (χ3v) is 3.37. The molecule has 0 saturated heterocycles. The highest BCUT2D eigenvalue weighted by molar-refractivity contribution is 5.85. The summed E-state index contributed by atoms with van der Waals surface area (Å²) >= 11 is 0. The number of aromatic nitrogens is 2. The Balaban J connectivity index is 0.00000110. The number of carbonyl (C=O) groups is 1. The molecule has 1 saturated carbocycles. The summed E-state index contributed by atoms with van der Waals surface area (Å²) in [4.78, 5) is 15.9. The van der Waals surface area contributed by atoms with E-state index in [4.69, 9.17) is 0 Å². The van der Waals surface area contributed by atoms with Crippen molar-refractivity contribution in [2.75, 3.05) is 13.1 Å². The molecule has 2 aromatic rings. The summed E-state index contributed by atoms with van der Waals surface area (Å²) in [5.41, 5.74) is 1.97. The maximum atomic E-state index is 11.6. The molecule has 0 aromatic carbocycles. The van der Waals surface area contributed by atoms with Gasteiger partial charge in [-0.2, -0.15) is 0 Å². The summed E-state index contributed by atoms with van der Waals surface area (Å²) in [6, 6.07) is 3.98. The van der Waals surface area contributed by atoms with Gasteiger partial charge in [0.2, 0.25) is 5.91 Å². The first kappa shape index (κ1) is 17.8. The number of pyridine rings is 1. The van der Waals surface area contributed by atoms with Crippen LogP contribution in [0.1, 0.15) is 18.4 Å². The van der Waals surface area contributed by atoms with Crippen LogP contribution in [0.2, 0.25) is 0 Å². The Morgan fingerprint density at radius 3 is 2.90 bits per heavy atom. The molecular formula is C14H20Cl2N4O. The average Bonchev–Trinajstić information content (AvgIpc) is 3.12. The van der Waals surface area contributed by atoms with Gasteiger partial charge in [-0.1, -0.05) is 0 Å². The molecule has 2 heterocycles. The lowest BCUT2D eigenvalue weighted by Crippen LogP contribution is -2.34. The van der Waals surface area contributed by atoms with Crippen molar-refractivity contribution in [2.24, 2.45) is 5.92 Å². The minimum Gasteiger partial charge on any atom is -0.351 e. The average molecular weight is 331 g/mol.